The van der Waals surface area contributed by atoms with Gasteiger partial charge in [0.2, 0.25) is 0 Å². The minimum Gasteiger partial charge on any atom is -0.497 e. The van der Waals surface area contributed by atoms with Crippen LogP contribution in [0.1, 0.15) is 12.5 Å². The van der Waals surface area contributed by atoms with Crippen LogP contribution in [0.5, 0.6) is 5.75 Å². The van der Waals surface area contributed by atoms with E-state index < -0.39 is 5.82 Å². The second kappa shape index (κ2) is 9.45. The Hall–Kier alpha value is -3.75. The zero-order chi connectivity index (χ0) is 20.6. The monoisotopic (exact) mass is 396 g/mol. The van der Waals surface area contributed by atoms with E-state index in [0.29, 0.717) is 23.6 Å². The molecule has 0 aliphatic rings. The van der Waals surface area contributed by atoms with Gasteiger partial charge >= 0.3 is 0 Å². The zero-order valence-electron chi connectivity index (χ0n) is 16.3. The Labute approximate surface area is 167 Å². The number of rotatable bonds is 8. The first-order valence-corrected chi connectivity index (χ1v) is 8.82. The third-order valence-electron chi connectivity index (χ3n) is 4.02. The van der Waals surface area contributed by atoms with Crippen LogP contribution < -0.4 is 10.2 Å². The van der Waals surface area contributed by atoms with Gasteiger partial charge in [0.25, 0.3) is 0 Å². The van der Waals surface area contributed by atoms with E-state index in [2.05, 4.69) is 25.6 Å². The molecule has 0 atom stereocenters. The van der Waals surface area contributed by atoms with Crippen LogP contribution >= 0.6 is 0 Å². The van der Waals surface area contributed by atoms with Gasteiger partial charge in [-0.3, -0.25) is 5.43 Å². The lowest BCUT2D eigenvalue weighted by Gasteiger charge is -2.04. The number of nitrogens with one attached hydrogen (secondary N) is 1. The van der Waals surface area contributed by atoms with E-state index in [-0.39, 0.29) is 5.75 Å². The van der Waals surface area contributed by atoms with E-state index in [1.165, 1.54) is 19.5 Å². The molecule has 0 aliphatic heterocycles. The molecule has 8 nitrogen and oxygen atoms in total. The molecule has 0 aliphatic carbocycles. The Balaban J connectivity index is 1.78. The second-order valence-corrected chi connectivity index (χ2v) is 5.86. The average molecular weight is 396 g/mol. The summed E-state index contributed by atoms with van der Waals surface area (Å²) >= 11 is 0. The molecule has 0 fully saturated rings. The smallest absolute Gasteiger partial charge is 0.165 e. The number of hydrazone groups is 1. The highest BCUT2D eigenvalue weighted by molar-refractivity contribution is 5.87. The topological polar surface area (TPSA) is 86.5 Å². The van der Waals surface area contributed by atoms with Crippen molar-refractivity contribution in [3.05, 3.63) is 66.1 Å². The number of aromatic nitrogens is 4. The van der Waals surface area contributed by atoms with Crippen molar-refractivity contribution >= 4 is 23.1 Å². The third kappa shape index (κ3) is 4.75. The summed E-state index contributed by atoms with van der Waals surface area (Å²) in [5.74, 6) is 0.975. The number of fused-ring (bicyclic) bond motifs is 1. The summed E-state index contributed by atoms with van der Waals surface area (Å²) in [6.07, 6.45) is 10.3. The number of hydrogen-bond donors (Lipinski definition) is 1. The first-order valence-electron chi connectivity index (χ1n) is 8.82. The normalized spacial score (nSPS) is 12.2. The van der Waals surface area contributed by atoms with E-state index in [1.54, 1.807) is 36.3 Å². The van der Waals surface area contributed by atoms with Gasteiger partial charge in [-0.1, -0.05) is 12.1 Å². The number of halogens is 1. The van der Waals surface area contributed by atoms with Crippen molar-refractivity contribution in [1.82, 2.24) is 19.7 Å². The van der Waals surface area contributed by atoms with Crippen LogP contribution in [0.3, 0.4) is 0 Å². The number of anilines is 1. The minimum atomic E-state index is -0.428. The molecular weight excluding hydrogens is 375 g/mol. The lowest BCUT2D eigenvalue weighted by atomic mass is 10.2. The van der Waals surface area contributed by atoms with Gasteiger partial charge in [0.05, 0.1) is 38.6 Å². The molecule has 1 N–H and O–H groups in total. The van der Waals surface area contributed by atoms with E-state index in [4.69, 9.17) is 9.47 Å². The van der Waals surface area contributed by atoms with Crippen LogP contribution in [0.2, 0.25) is 0 Å². The third-order valence-corrected chi connectivity index (χ3v) is 4.02. The van der Waals surface area contributed by atoms with Crippen LogP contribution in [-0.2, 0) is 11.3 Å². The summed E-state index contributed by atoms with van der Waals surface area (Å²) in [6.45, 7) is 2.41. The molecular formula is C20H21FN6O2. The van der Waals surface area contributed by atoms with E-state index in [0.717, 1.165) is 11.1 Å². The Bertz CT molecular complexity index is 1070. The van der Waals surface area contributed by atoms with Gasteiger partial charge in [0.1, 0.15) is 12.1 Å². The fourth-order valence-corrected chi connectivity index (χ4v) is 2.60. The summed E-state index contributed by atoms with van der Waals surface area (Å²) in [5, 5.41) is 9.25. The van der Waals surface area contributed by atoms with Crippen LogP contribution in [-0.4, -0.2) is 40.2 Å². The summed E-state index contributed by atoms with van der Waals surface area (Å²) in [6, 6.07) is 4.47. The van der Waals surface area contributed by atoms with Crippen LogP contribution in [0.4, 0.5) is 10.2 Å². The highest BCUT2D eigenvalue weighted by Crippen LogP contribution is 2.20. The Morgan fingerprint density at radius 3 is 2.93 bits per heavy atom. The first-order chi connectivity index (χ1) is 14.2. The van der Waals surface area contributed by atoms with Gasteiger partial charge in [0.15, 0.2) is 23.0 Å². The highest BCUT2D eigenvalue weighted by atomic mass is 19.1. The molecule has 0 amide bonds. The largest absolute Gasteiger partial charge is 0.497 e. The van der Waals surface area contributed by atoms with E-state index in [1.807, 2.05) is 25.2 Å². The number of hydrogen-bond acceptors (Lipinski definition) is 7. The van der Waals surface area contributed by atoms with Crippen LogP contribution in [0.25, 0.3) is 11.0 Å². The molecule has 150 valence electrons. The van der Waals surface area contributed by atoms with Crippen molar-refractivity contribution in [2.75, 3.05) is 19.6 Å². The summed E-state index contributed by atoms with van der Waals surface area (Å²) in [7, 11) is 3.03. The van der Waals surface area contributed by atoms with Gasteiger partial charge < -0.3 is 9.47 Å². The van der Waals surface area contributed by atoms with Crippen LogP contribution in [0.15, 0.2) is 59.8 Å². The van der Waals surface area contributed by atoms with Crippen LogP contribution in [0, 0.1) is 5.82 Å². The zero-order valence-corrected chi connectivity index (χ0v) is 16.3. The first kappa shape index (κ1) is 20.0. The highest BCUT2D eigenvalue weighted by Gasteiger charge is 2.09. The van der Waals surface area contributed by atoms with Gasteiger partial charge in [-0.15, -0.1) is 0 Å². The number of methoxy groups -OCH3 is 2. The Kier molecular flexibility index (Phi) is 6.51. The SMILES string of the molecule is C/C=C\C(=C/Cn1ncc2c(N/N=C/c3ccc(F)c(OC)c3)ncnc21)OC. The number of nitrogens with zero attached hydrogens (tertiary/aromatic N) is 5. The lowest BCUT2D eigenvalue weighted by Crippen LogP contribution is -2.01. The molecule has 3 aromatic rings. The predicted octanol–water partition coefficient (Wildman–Crippen LogP) is 3.53. The van der Waals surface area contributed by atoms with E-state index in [9.17, 15) is 4.39 Å². The second-order valence-electron chi connectivity index (χ2n) is 5.86. The Morgan fingerprint density at radius 2 is 2.17 bits per heavy atom. The van der Waals surface area contributed by atoms with Crippen molar-refractivity contribution in [3.63, 3.8) is 0 Å². The van der Waals surface area contributed by atoms with Crippen molar-refractivity contribution in [1.29, 1.82) is 0 Å². The molecule has 0 unspecified atom stereocenters. The van der Waals surface area contributed by atoms with Gasteiger partial charge in [0, 0.05) is 0 Å². The standard InChI is InChI=1S/C20H21FN6O2/c1-4-5-15(28-2)8-9-27-20-16(12-25-27)19(22-13-23-20)26-24-11-14-6-7-17(21)18(10-14)29-3/h4-8,10-13H,9H2,1-3H3,(H,22,23,26)/b5-4-,15-8+,24-11+. The van der Waals surface area contributed by atoms with Gasteiger partial charge in [-0.25, -0.2) is 19.0 Å². The molecule has 29 heavy (non-hydrogen) atoms. The maximum atomic E-state index is 13.5. The molecule has 1 aromatic carbocycles. The fraction of sp³-hybridized carbons (Fsp3) is 0.200. The molecule has 2 heterocycles. The summed E-state index contributed by atoms with van der Waals surface area (Å²) in [4.78, 5) is 8.52. The fourth-order valence-electron chi connectivity index (χ4n) is 2.60. The molecule has 0 radical (unpaired) electrons. The van der Waals surface area contributed by atoms with E-state index >= 15 is 0 Å². The molecule has 0 spiro atoms. The maximum absolute atomic E-state index is 13.5. The summed E-state index contributed by atoms with van der Waals surface area (Å²) < 4.78 is 25.5. The Morgan fingerprint density at radius 1 is 1.31 bits per heavy atom. The lowest BCUT2D eigenvalue weighted by molar-refractivity contribution is 0.304. The minimum absolute atomic E-state index is 0.154. The molecule has 0 saturated heterocycles. The van der Waals surface area contributed by atoms with Crippen molar-refractivity contribution in [3.8, 4) is 5.75 Å². The number of ether oxygens (including phenoxy) is 2. The molecule has 3 rings (SSSR count). The molecule has 0 bridgehead atoms. The van der Waals surface area contributed by atoms with Crippen molar-refractivity contribution < 1.29 is 13.9 Å². The van der Waals surface area contributed by atoms with Gasteiger partial charge in [-0.05, 0) is 36.8 Å². The predicted molar refractivity (Wildman–Crippen MR) is 109 cm³/mol. The summed E-state index contributed by atoms with van der Waals surface area (Å²) in [5.41, 5.74) is 4.22. The van der Waals surface area contributed by atoms with Crippen molar-refractivity contribution in [2.45, 2.75) is 13.5 Å². The molecule has 0 saturated carbocycles. The molecule has 9 heteroatoms. The quantitative estimate of drug-likeness (QED) is 0.271. The van der Waals surface area contributed by atoms with Gasteiger partial charge in [-0.2, -0.15) is 10.2 Å². The van der Waals surface area contributed by atoms with Crippen molar-refractivity contribution in [2.24, 2.45) is 5.10 Å². The number of allylic oxidation sites excluding steroid dienone is 3. The molecule has 2 aromatic heterocycles. The maximum Gasteiger partial charge on any atom is 0.165 e. The number of benzene rings is 1. The average Bonchev–Trinajstić information content (AvgIpc) is 3.16.